The van der Waals surface area contributed by atoms with Crippen molar-refractivity contribution in [1.82, 2.24) is 4.90 Å². The van der Waals surface area contributed by atoms with Crippen molar-refractivity contribution in [2.45, 2.75) is 76.8 Å². The average molecular weight is 315 g/mol. The molecule has 3 rings (SSSR count). The van der Waals surface area contributed by atoms with E-state index in [1.54, 1.807) is 11.9 Å². The molecule has 7 heteroatoms. The number of fused-ring (bicyclic) bond motifs is 1. The van der Waals surface area contributed by atoms with Crippen LogP contribution in [0.5, 0.6) is 0 Å². The van der Waals surface area contributed by atoms with Crippen molar-refractivity contribution in [3.63, 3.8) is 0 Å². The smallest absolute Gasteiger partial charge is 0.219 e. The Labute approximate surface area is 130 Å². The number of ether oxygens (including phenoxy) is 5. The summed E-state index contributed by atoms with van der Waals surface area (Å²) >= 11 is 0. The molecule has 0 aromatic carbocycles. The largest absolute Gasteiger partial charge is 0.348 e. The minimum Gasteiger partial charge on any atom is -0.348 e. The molecule has 0 spiro atoms. The summed E-state index contributed by atoms with van der Waals surface area (Å²) in [6.45, 7) is 9.36. The minimum absolute atomic E-state index is 0.0502. The van der Waals surface area contributed by atoms with Gasteiger partial charge in [0.1, 0.15) is 18.3 Å². The van der Waals surface area contributed by atoms with E-state index in [1.165, 1.54) is 6.92 Å². The zero-order valence-corrected chi connectivity index (χ0v) is 14.0. The van der Waals surface area contributed by atoms with Crippen molar-refractivity contribution >= 4 is 5.91 Å². The molecule has 0 aromatic heterocycles. The van der Waals surface area contributed by atoms with Gasteiger partial charge in [0, 0.05) is 14.0 Å². The van der Waals surface area contributed by atoms with E-state index in [1.807, 2.05) is 27.7 Å². The molecule has 3 saturated heterocycles. The second kappa shape index (κ2) is 5.14. The lowest BCUT2D eigenvalue weighted by atomic mass is 10.0. The van der Waals surface area contributed by atoms with Gasteiger partial charge in [0.2, 0.25) is 5.91 Å². The fourth-order valence-electron chi connectivity index (χ4n) is 3.35. The molecule has 3 aliphatic rings. The maximum atomic E-state index is 11.9. The summed E-state index contributed by atoms with van der Waals surface area (Å²) in [6, 6.07) is -0.272. The number of nitrogens with zero attached hydrogens (tertiary/aromatic N) is 1. The molecule has 3 aliphatic heterocycles. The molecule has 0 aliphatic carbocycles. The summed E-state index contributed by atoms with van der Waals surface area (Å²) in [5, 5.41) is 0. The quantitative estimate of drug-likeness (QED) is 0.753. The third-order valence-electron chi connectivity index (χ3n) is 4.39. The van der Waals surface area contributed by atoms with Crippen LogP contribution in [0, 0.1) is 0 Å². The Kier molecular flexibility index (Phi) is 3.77. The number of rotatable bonds is 2. The first-order chi connectivity index (χ1) is 10.1. The van der Waals surface area contributed by atoms with Gasteiger partial charge in [-0.15, -0.1) is 0 Å². The van der Waals surface area contributed by atoms with Crippen LogP contribution in [0.25, 0.3) is 0 Å². The van der Waals surface area contributed by atoms with Crippen molar-refractivity contribution in [2.75, 3.05) is 13.7 Å². The van der Waals surface area contributed by atoms with Crippen LogP contribution in [0.15, 0.2) is 0 Å². The predicted octanol–water partition coefficient (Wildman–Crippen LogP) is 0.861. The van der Waals surface area contributed by atoms with E-state index in [0.717, 1.165) is 0 Å². The van der Waals surface area contributed by atoms with Gasteiger partial charge in [0.05, 0.1) is 12.6 Å². The van der Waals surface area contributed by atoms with Crippen LogP contribution >= 0.6 is 0 Å². The van der Waals surface area contributed by atoms with Crippen LogP contribution in [0.3, 0.4) is 0 Å². The van der Waals surface area contributed by atoms with Gasteiger partial charge in [-0.05, 0) is 27.7 Å². The van der Waals surface area contributed by atoms with Crippen molar-refractivity contribution < 1.29 is 28.5 Å². The van der Waals surface area contributed by atoms with Crippen LogP contribution in [0.4, 0.5) is 0 Å². The number of likely N-dealkylation sites (N-methyl/N-ethyl adjacent to an activating group) is 1. The number of amides is 1. The van der Waals surface area contributed by atoms with Crippen LogP contribution in [-0.4, -0.2) is 66.7 Å². The lowest BCUT2D eigenvalue weighted by Crippen LogP contribution is -2.52. The SMILES string of the molecule is CC(=O)N(C)C1C(C2COC(C)(C)O2)OC2OC(C)(C)OC21. The van der Waals surface area contributed by atoms with Gasteiger partial charge < -0.3 is 28.6 Å². The Morgan fingerprint density at radius 1 is 1.05 bits per heavy atom. The van der Waals surface area contributed by atoms with Gasteiger partial charge in [-0.3, -0.25) is 4.79 Å². The molecule has 3 fully saturated rings. The van der Waals surface area contributed by atoms with Crippen molar-refractivity contribution in [3.05, 3.63) is 0 Å². The molecule has 3 heterocycles. The summed E-state index contributed by atoms with van der Waals surface area (Å²) in [5.74, 6) is -1.42. The molecule has 0 N–H and O–H groups in total. The zero-order valence-electron chi connectivity index (χ0n) is 14.0. The Morgan fingerprint density at radius 2 is 1.73 bits per heavy atom. The molecule has 22 heavy (non-hydrogen) atoms. The van der Waals surface area contributed by atoms with Crippen LogP contribution in [0.1, 0.15) is 34.6 Å². The maximum absolute atomic E-state index is 11.9. The first kappa shape index (κ1) is 16.1. The van der Waals surface area contributed by atoms with Gasteiger partial charge >= 0.3 is 0 Å². The van der Waals surface area contributed by atoms with Crippen molar-refractivity contribution in [3.8, 4) is 0 Å². The summed E-state index contributed by atoms with van der Waals surface area (Å²) in [6.07, 6.45) is -1.44. The highest BCUT2D eigenvalue weighted by Gasteiger charge is 2.59. The van der Waals surface area contributed by atoms with Crippen LogP contribution in [-0.2, 0) is 28.5 Å². The molecule has 0 bridgehead atoms. The fraction of sp³-hybridized carbons (Fsp3) is 0.933. The van der Waals surface area contributed by atoms with Crippen LogP contribution < -0.4 is 0 Å². The molecule has 7 nitrogen and oxygen atoms in total. The maximum Gasteiger partial charge on any atom is 0.219 e. The molecule has 1 amide bonds. The van der Waals surface area contributed by atoms with E-state index in [-0.39, 0.29) is 30.3 Å². The zero-order chi connectivity index (χ0) is 16.3. The lowest BCUT2D eigenvalue weighted by molar-refractivity contribution is -0.227. The average Bonchev–Trinajstić information content (AvgIpc) is 2.97. The third-order valence-corrected chi connectivity index (χ3v) is 4.39. The second-order valence-corrected chi connectivity index (χ2v) is 7.06. The molecule has 5 atom stereocenters. The Morgan fingerprint density at radius 3 is 2.27 bits per heavy atom. The van der Waals surface area contributed by atoms with Crippen molar-refractivity contribution in [2.24, 2.45) is 0 Å². The first-order valence-electron chi connectivity index (χ1n) is 7.66. The van der Waals surface area contributed by atoms with E-state index in [2.05, 4.69) is 0 Å². The lowest BCUT2D eigenvalue weighted by Gasteiger charge is -2.34. The molecule has 126 valence electrons. The number of carbonyl (C=O) groups is 1. The highest BCUT2D eigenvalue weighted by molar-refractivity contribution is 5.73. The second-order valence-electron chi connectivity index (χ2n) is 7.06. The monoisotopic (exact) mass is 315 g/mol. The standard InChI is InChI=1S/C15H25NO6/c1-8(17)16(6)10-11(9-7-18-14(2,3)20-9)19-13-12(10)21-15(4,5)22-13/h9-13H,7H2,1-6H3. The third kappa shape index (κ3) is 2.76. The number of hydrogen-bond donors (Lipinski definition) is 0. The van der Waals surface area contributed by atoms with Gasteiger partial charge in [0.25, 0.3) is 0 Å². The number of carbonyl (C=O) groups excluding carboxylic acids is 1. The summed E-state index contributed by atoms with van der Waals surface area (Å²) in [5.41, 5.74) is 0. The van der Waals surface area contributed by atoms with Gasteiger partial charge in [-0.25, -0.2) is 0 Å². The number of hydrogen-bond acceptors (Lipinski definition) is 6. The molecule has 0 aromatic rings. The first-order valence-corrected chi connectivity index (χ1v) is 7.66. The molecular weight excluding hydrogens is 290 g/mol. The summed E-state index contributed by atoms with van der Waals surface area (Å²) in [4.78, 5) is 13.5. The van der Waals surface area contributed by atoms with Gasteiger partial charge in [-0.1, -0.05) is 0 Å². The van der Waals surface area contributed by atoms with Crippen molar-refractivity contribution in [1.29, 1.82) is 0 Å². The highest BCUT2D eigenvalue weighted by Crippen LogP contribution is 2.42. The normalized spacial score (nSPS) is 42.4. The molecular formula is C15H25NO6. The predicted molar refractivity (Wildman–Crippen MR) is 75.8 cm³/mol. The molecule has 0 saturated carbocycles. The molecule has 0 radical (unpaired) electrons. The summed E-state index contributed by atoms with van der Waals surface area (Å²) in [7, 11) is 1.75. The molecule has 5 unspecified atom stereocenters. The Bertz CT molecular complexity index is 465. The van der Waals surface area contributed by atoms with E-state index in [4.69, 9.17) is 23.7 Å². The van der Waals surface area contributed by atoms with Gasteiger partial charge in [-0.2, -0.15) is 0 Å². The van der Waals surface area contributed by atoms with E-state index >= 15 is 0 Å². The summed E-state index contributed by atoms with van der Waals surface area (Å²) < 4.78 is 29.3. The van der Waals surface area contributed by atoms with E-state index < -0.39 is 17.9 Å². The highest BCUT2D eigenvalue weighted by atomic mass is 16.8. The topological polar surface area (TPSA) is 66.5 Å². The minimum atomic E-state index is -0.720. The Hall–Kier alpha value is -0.730. The fourth-order valence-corrected chi connectivity index (χ4v) is 3.35. The van der Waals surface area contributed by atoms with E-state index in [0.29, 0.717) is 6.61 Å². The van der Waals surface area contributed by atoms with E-state index in [9.17, 15) is 4.79 Å². The van der Waals surface area contributed by atoms with Crippen LogP contribution in [0.2, 0.25) is 0 Å². The Balaban J connectivity index is 1.83. The van der Waals surface area contributed by atoms with Gasteiger partial charge in [0.15, 0.2) is 17.9 Å².